The van der Waals surface area contributed by atoms with E-state index in [4.69, 9.17) is 10.7 Å². The lowest BCUT2D eigenvalue weighted by Gasteiger charge is -2.08. The summed E-state index contributed by atoms with van der Waals surface area (Å²) in [5.41, 5.74) is 0. The van der Waals surface area contributed by atoms with Crippen molar-refractivity contribution < 1.29 is 21.6 Å². The Morgan fingerprint density at radius 1 is 1.33 bits per heavy atom. The van der Waals surface area contributed by atoms with Crippen LogP contribution in [-0.2, 0) is 22.0 Å². The zero-order valence-electron chi connectivity index (χ0n) is 9.41. The van der Waals surface area contributed by atoms with Crippen molar-refractivity contribution in [1.82, 2.24) is 14.8 Å². The van der Waals surface area contributed by atoms with E-state index in [0.29, 0.717) is 6.42 Å². The summed E-state index contributed by atoms with van der Waals surface area (Å²) in [5, 5.41) is 6.28. The summed E-state index contributed by atoms with van der Waals surface area (Å²) in [6.45, 7) is 1.94. The molecule has 10 heteroatoms. The van der Waals surface area contributed by atoms with Gasteiger partial charge in [-0.2, -0.15) is 13.2 Å². The number of alkyl halides is 3. The highest BCUT2D eigenvalue weighted by Crippen LogP contribution is 2.23. The zero-order chi connectivity index (χ0) is 14.0. The summed E-state index contributed by atoms with van der Waals surface area (Å²) >= 11 is 0. The lowest BCUT2D eigenvalue weighted by atomic mass is 10.3. The minimum atomic E-state index is -4.33. The minimum absolute atomic E-state index is 0.0339. The Balaban J connectivity index is 3.03. The molecule has 0 aliphatic carbocycles. The highest BCUT2D eigenvalue weighted by molar-refractivity contribution is 8.13. The molecule has 0 radical (unpaired) electrons. The third-order valence-corrected chi connectivity index (χ3v) is 3.24. The molecule has 0 aliphatic rings. The SMILES string of the molecule is CCCn1c(CCC(F)(F)F)nnc1S(=O)(=O)Cl. The van der Waals surface area contributed by atoms with Crippen LogP contribution in [-0.4, -0.2) is 29.4 Å². The summed E-state index contributed by atoms with van der Waals surface area (Å²) in [5.74, 6) is -0.0339. The van der Waals surface area contributed by atoms with Gasteiger partial charge in [0.15, 0.2) is 0 Å². The van der Waals surface area contributed by atoms with Crippen molar-refractivity contribution in [1.29, 1.82) is 0 Å². The van der Waals surface area contributed by atoms with Crippen molar-refractivity contribution in [2.75, 3.05) is 0 Å². The standard InChI is InChI=1S/C8H11ClF3N3O2S/c1-2-5-15-6(3-4-8(10,11)12)13-14-7(15)18(9,16)17/h2-5H2,1H3. The van der Waals surface area contributed by atoms with E-state index >= 15 is 0 Å². The second-order valence-corrected chi connectivity index (χ2v) is 6.06. The predicted octanol–water partition coefficient (Wildman–Crippen LogP) is 2.11. The van der Waals surface area contributed by atoms with Crippen LogP contribution in [0.25, 0.3) is 0 Å². The first kappa shape index (κ1) is 15.2. The number of hydrogen-bond donors (Lipinski definition) is 0. The molecule has 0 atom stereocenters. The number of aryl methyl sites for hydroxylation is 1. The molecular weight excluding hydrogens is 295 g/mol. The first-order valence-corrected chi connectivity index (χ1v) is 7.39. The molecule has 0 amide bonds. The second-order valence-electron chi connectivity index (χ2n) is 3.60. The van der Waals surface area contributed by atoms with Gasteiger partial charge in [-0.25, -0.2) is 8.42 Å². The van der Waals surface area contributed by atoms with E-state index < -0.39 is 33.2 Å². The van der Waals surface area contributed by atoms with Gasteiger partial charge in [-0.3, -0.25) is 0 Å². The molecule has 1 aromatic heterocycles. The van der Waals surface area contributed by atoms with Gasteiger partial charge in [0.2, 0.25) is 0 Å². The summed E-state index contributed by atoms with van der Waals surface area (Å²) in [4.78, 5) is 0. The fourth-order valence-corrected chi connectivity index (χ4v) is 2.33. The van der Waals surface area contributed by atoms with E-state index in [-0.39, 0.29) is 12.4 Å². The molecule has 0 unspecified atom stereocenters. The monoisotopic (exact) mass is 305 g/mol. The van der Waals surface area contributed by atoms with Crippen LogP contribution in [0.1, 0.15) is 25.6 Å². The highest BCUT2D eigenvalue weighted by Gasteiger charge is 2.29. The third-order valence-electron chi connectivity index (χ3n) is 2.09. The van der Waals surface area contributed by atoms with Gasteiger partial charge >= 0.3 is 6.18 Å². The average Bonchev–Trinajstić information content (AvgIpc) is 2.57. The van der Waals surface area contributed by atoms with Crippen LogP contribution >= 0.6 is 10.7 Å². The molecule has 0 aliphatic heterocycles. The van der Waals surface area contributed by atoms with E-state index in [9.17, 15) is 21.6 Å². The first-order chi connectivity index (χ1) is 8.15. The van der Waals surface area contributed by atoms with Crippen LogP contribution < -0.4 is 0 Å². The summed E-state index contributed by atoms with van der Waals surface area (Å²) in [7, 11) is 1.02. The number of halogens is 4. The molecular formula is C8H11ClF3N3O2S. The maximum absolute atomic E-state index is 12.1. The molecule has 1 heterocycles. The minimum Gasteiger partial charge on any atom is -0.301 e. The number of aromatic nitrogens is 3. The van der Waals surface area contributed by atoms with Crippen molar-refractivity contribution in [3.8, 4) is 0 Å². The maximum Gasteiger partial charge on any atom is 0.389 e. The Hall–Kier alpha value is -0.830. The molecule has 0 saturated carbocycles. The highest BCUT2D eigenvalue weighted by atomic mass is 35.7. The zero-order valence-corrected chi connectivity index (χ0v) is 11.0. The van der Waals surface area contributed by atoms with E-state index in [2.05, 4.69) is 10.2 Å². The lowest BCUT2D eigenvalue weighted by Crippen LogP contribution is -2.14. The van der Waals surface area contributed by atoms with Crippen LogP contribution in [0.3, 0.4) is 0 Å². The molecule has 104 valence electrons. The van der Waals surface area contributed by atoms with Gasteiger partial charge in [0, 0.05) is 23.6 Å². The van der Waals surface area contributed by atoms with Gasteiger partial charge < -0.3 is 4.57 Å². The Labute approximate surface area is 106 Å². The molecule has 18 heavy (non-hydrogen) atoms. The normalized spacial score (nSPS) is 12.9. The molecule has 0 spiro atoms. The maximum atomic E-state index is 12.1. The lowest BCUT2D eigenvalue weighted by molar-refractivity contribution is -0.134. The molecule has 0 bridgehead atoms. The molecule has 0 fully saturated rings. The topological polar surface area (TPSA) is 64.8 Å². The quantitative estimate of drug-likeness (QED) is 0.782. The van der Waals surface area contributed by atoms with Gasteiger partial charge in [0.1, 0.15) is 5.82 Å². The molecule has 1 rings (SSSR count). The Morgan fingerprint density at radius 2 is 1.94 bits per heavy atom. The van der Waals surface area contributed by atoms with Crippen molar-refractivity contribution in [2.24, 2.45) is 0 Å². The van der Waals surface area contributed by atoms with Crippen molar-refractivity contribution in [3.63, 3.8) is 0 Å². The van der Waals surface area contributed by atoms with Crippen LogP contribution in [0.2, 0.25) is 0 Å². The molecule has 0 N–H and O–H groups in total. The summed E-state index contributed by atoms with van der Waals surface area (Å²) < 4.78 is 59.7. The first-order valence-electron chi connectivity index (χ1n) is 5.08. The summed E-state index contributed by atoms with van der Waals surface area (Å²) in [6.07, 6.45) is -5.32. The second kappa shape index (κ2) is 5.43. The Morgan fingerprint density at radius 3 is 2.39 bits per heavy atom. The fourth-order valence-electron chi connectivity index (χ4n) is 1.39. The molecule has 0 aromatic carbocycles. The summed E-state index contributed by atoms with van der Waals surface area (Å²) in [6, 6.07) is 0. The molecule has 5 nitrogen and oxygen atoms in total. The Kier molecular flexibility index (Phi) is 4.60. The van der Waals surface area contributed by atoms with Gasteiger partial charge in [-0.05, 0) is 6.42 Å². The van der Waals surface area contributed by atoms with Crippen molar-refractivity contribution >= 4 is 19.7 Å². The van der Waals surface area contributed by atoms with E-state index in [1.54, 1.807) is 6.92 Å². The smallest absolute Gasteiger partial charge is 0.301 e. The number of hydrogen-bond acceptors (Lipinski definition) is 4. The molecule has 0 saturated heterocycles. The van der Waals surface area contributed by atoms with Gasteiger partial charge in [0.05, 0.1) is 6.42 Å². The van der Waals surface area contributed by atoms with Crippen LogP contribution in [0.5, 0.6) is 0 Å². The largest absolute Gasteiger partial charge is 0.389 e. The third kappa shape index (κ3) is 4.13. The van der Waals surface area contributed by atoms with Crippen LogP contribution in [0, 0.1) is 0 Å². The number of nitrogens with zero attached hydrogens (tertiary/aromatic N) is 3. The van der Waals surface area contributed by atoms with E-state index in [0.717, 1.165) is 4.57 Å². The average molecular weight is 306 g/mol. The van der Waals surface area contributed by atoms with Gasteiger partial charge in [0.25, 0.3) is 14.2 Å². The predicted molar refractivity (Wildman–Crippen MR) is 57.7 cm³/mol. The van der Waals surface area contributed by atoms with Crippen LogP contribution in [0.4, 0.5) is 13.2 Å². The van der Waals surface area contributed by atoms with Crippen LogP contribution in [0.15, 0.2) is 5.16 Å². The van der Waals surface area contributed by atoms with Crippen molar-refractivity contribution in [2.45, 2.75) is 44.1 Å². The molecule has 1 aromatic rings. The fraction of sp³-hybridized carbons (Fsp3) is 0.750. The van der Waals surface area contributed by atoms with E-state index in [1.807, 2.05) is 0 Å². The van der Waals surface area contributed by atoms with E-state index in [1.165, 1.54) is 0 Å². The number of rotatable bonds is 5. The Bertz CT molecular complexity index is 512. The van der Waals surface area contributed by atoms with Gasteiger partial charge in [-0.1, -0.05) is 6.92 Å². The van der Waals surface area contributed by atoms with Gasteiger partial charge in [-0.15, -0.1) is 10.2 Å². The van der Waals surface area contributed by atoms with Crippen molar-refractivity contribution in [3.05, 3.63) is 5.82 Å².